The minimum atomic E-state index is -0.563. The Morgan fingerprint density at radius 2 is 1.97 bits per heavy atom. The number of benzene rings is 2. The fourth-order valence-corrected chi connectivity index (χ4v) is 3.98. The van der Waals surface area contributed by atoms with Crippen molar-refractivity contribution in [3.63, 3.8) is 0 Å². The van der Waals surface area contributed by atoms with Crippen molar-refractivity contribution >= 4 is 57.7 Å². The molecule has 0 aromatic heterocycles. The van der Waals surface area contributed by atoms with Gasteiger partial charge in [-0.2, -0.15) is 0 Å². The Hall–Kier alpha value is -2.84. The van der Waals surface area contributed by atoms with Gasteiger partial charge >= 0.3 is 5.97 Å². The fourth-order valence-electron chi connectivity index (χ4n) is 2.64. The van der Waals surface area contributed by atoms with Gasteiger partial charge in [0.2, 0.25) is 11.8 Å². The van der Waals surface area contributed by atoms with E-state index in [0.717, 1.165) is 0 Å². The van der Waals surface area contributed by atoms with E-state index >= 15 is 0 Å². The topological polar surface area (TPSA) is 88.1 Å². The number of halogens is 1. The fraction of sp³-hybridized carbons (Fsp3) is 0.200. The third-order valence-electron chi connectivity index (χ3n) is 4.13. The van der Waals surface area contributed by atoms with Crippen LogP contribution >= 0.6 is 23.4 Å². The van der Waals surface area contributed by atoms with Crippen LogP contribution in [0, 0.1) is 0 Å². The zero-order chi connectivity index (χ0) is 21.0. The van der Waals surface area contributed by atoms with Crippen molar-refractivity contribution in [2.24, 2.45) is 4.99 Å². The van der Waals surface area contributed by atoms with Crippen LogP contribution in [0.2, 0.25) is 5.02 Å². The lowest BCUT2D eigenvalue weighted by molar-refractivity contribution is -0.127. The first-order valence-corrected chi connectivity index (χ1v) is 9.90. The first kappa shape index (κ1) is 20.9. The molecule has 2 aromatic carbocycles. The quantitative estimate of drug-likeness (QED) is 0.729. The van der Waals surface area contributed by atoms with Crippen LogP contribution in [0.3, 0.4) is 0 Å². The number of nitrogens with one attached hydrogen (secondary N) is 1. The normalized spacial score (nSPS) is 17.5. The summed E-state index contributed by atoms with van der Waals surface area (Å²) in [6.07, 6.45) is 0.00115. The molecule has 1 saturated heterocycles. The zero-order valence-electron chi connectivity index (χ0n) is 15.7. The van der Waals surface area contributed by atoms with Crippen molar-refractivity contribution in [3.05, 3.63) is 59.1 Å². The van der Waals surface area contributed by atoms with Crippen LogP contribution in [0.25, 0.3) is 0 Å². The Bertz CT molecular complexity index is 978. The van der Waals surface area contributed by atoms with Crippen molar-refractivity contribution in [2.75, 3.05) is 19.5 Å². The van der Waals surface area contributed by atoms with Gasteiger partial charge in [0.25, 0.3) is 0 Å². The summed E-state index contributed by atoms with van der Waals surface area (Å²) < 4.78 is 4.64. The number of hydrogen-bond donors (Lipinski definition) is 1. The number of ether oxygens (including phenoxy) is 1. The standard InChI is InChI=1S/C20H18ClN3O4S/c1-24-18(26)16(29-20(24)23-15-5-3-4-13(21)10-15)11-17(25)22-14-8-6-12(7-9-14)19(27)28-2/h3-10,16H,11H2,1-2H3,(H,22,25)/t16-/m1/s1. The summed E-state index contributed by atoms with van der Waals surface area (Å²) in [5.74, 6) is -0.948. The highest BCUT2D eigenvalue weighted by atomic mass is 35.5. The average molecular weight is 432 g/mol. The van der Waals surface area contributed by atoms with Crippen LogP contribution in [0.5, 0.6) is 0 Å². The lowest BCUT2D eigenvalue weighted by atomic mass is 10.2. The average Bonchev–Trinajstić information content (AvgIpc) is 2.95. The SMILES string of the molecule is COC(=O)c1ccc(NC(=O)C[C@H]2SC(=Nc3cccc(Cl)c3)N(C)C2=O)cc1. The molecule has 7 nitrogen and oxygen atoms in total. The van der Waals surface area contributed by atoms with Gasteiger partial charge in [-0.3, -0.25) is 14.5 Å². The largest absolute Gasteiger partial charge is 0.465 e. The van der Waals surface area contributed by atoms with Crippen molar-refractivity contribution in [1.82, 2.24) is 4.90 Å². The van der Waals surface area contributed by atoms with E-state index in [9.17, 15) is 14.4 Å². The first-order chi connectivity index (χ1) is 13.9. The van der Waals surface area contributed by atoms with E-state index in [2.05, 4.69) is 15.0 Å². The van der Waals surface area contributed by atoms with E-state index in [1.165, 1.54) is 23.8 Å². The number of rotatable bonds is 5. The van der Waals surface area contributed by atoms with E-state index in [-0.39, 0.29) is 18.2 Å². The van der Waals surface area contributed by atoms with Gasteiger partial charge in [-0.15, -0.1) is 0 Å². The van der Waals surface area contributed by atoms with Crippen LogP contribution in [-0.2, 0) is 14.3 Å². The Morgan fingerprint density at radius 1 is 1.24 bits per heavy atom. The monoisotopic (exact) mass is 431 g/mol. The van der Waals surface area contributed by atoms with Gasteiger partial charge in [0.15, 0.2) is 5.17 Å². The molecule has 0 unspecified atom stereocenters. The first-order valence-electron chi connectivity index (χ1n) is 8.64. The predicted octanol–water partition coefficient (Wildman–Crippen LogP) is 3.72. The minimum absolute atomic E-state index is 0.00115. The second-order valence-electron chi connectivity index (χ2n) is 6.20. The number of amides is 2. The van der Waals surface area contributed by atoms with Gasteiger partial charge in [0.1, 0.15) is 5.25 Å². The minimum Gasteiger partial charge on any atom is -0.465 e. The number of thioether (sulfide) groups is 1. The van der Waals surface area contributed by atoms with Gasteiger partial charge in [-0.05, 0) is 42.5 Å². The molecule has 3 rings (SSSR count). The molecule has 1 N–H and O–H groups in total. The second kappa shape index (κ2) is 9.11. The highest BCUT2D eigenvalue weighted by Gasteiger charge is 2.37. The Kier molecular flexibility index (Phi) is 6.56. The molecule has 0 aliphatic carbocycles. The Morgan fingerprint density at radius 3 is 2.62 bits per heavy atom. The summed E-state index contributed by atoms with van der Waals surface area (Å²) in [7, 11) is 2.93. The number of carbonyl (C=O) groups excluding carboxylic acids is 3. The van der Waals surface area contributed by atoms with Crippen LogP contribution in [-0.4, -0.2) is 47.3 Å². The summed E-state index contributed by atoms with van der Waals surface area (Å²) >= 11 is 7.21. The molecule has 2 amide bonds. The van der Waals surface area contributed by atoms with Crippen molar-refractivity contribution < 1.29 is 19.1 Å². The van der Waals surface area contributed by atoms with Crippen LogP contribution in [0.4, 0.5) is 11.4 Å². The number of methoxy groups -OCH3 is 1. The maximum absolute atomic E-state index is 12.5. The van der Waals surface area contributed by atoms with E-state index in [0.29, 0.717) is 27.1 Å². The van der Waals surface area contributed by atoms with E-state index < -0.39 is 11.2 Å². The van der Waals surface area contributed by atoms with Crippen molar-refractivity contribution in [2.45, 2.75) is 11.7 Å². The van der Waals surface area contributed by atoms with E-state index in [1.807, 2.05) is 0 Å². The lowest BCUT2D eigenvalue weighted by Crippen LogP contribution is -2.30. The highest BCUT2D eigenvalue weighted by molar-refractivity contribution is 8.15. The molecular formula is C20H18ClN3O4S. The predicted molar refractivity (Wildman–Crippen MR) is 114 cm³/mol. The molecule has 0 bridgehead atoms. The van der Waals surface area contributed by atoms with Gasteiger partial charge < -0.3 is 10.1 Å². The molecule has 1 aliphatic rings. The molecule has 0 radical (unpaired) electrons. The molecule has 0 spiro atoms. The van der Waals surface area contributed by atoms with Crippen LogP contribution in [0.15, 0.2) is 53.5 Å². The maximum Gasteiger partial charge on any atom is 0.337 e. The van der Waals surface area contributed by atoms with Gasteiger partial charge in [-0.25, -0.2) is 9.79 Å². The maximum atomic E-state index is 12.5. The number of hydrogen-bond acceptors (Lipinski definition) is 6. The van der Waals surface area contributed by atoms with E-state index in [1.54, 1.807) is 55.6 Å². The number of nitrogens with zero attached hydrogens (tertiary/aromatic N) is 2. The summed E-state index contributed by atoms with van der Waals surface area (Å²) in [6, 6.07) is 13.3. The molecule has 9 heteroatoms. The molecule has 1 heterocycles. The summed E-state index contributed by atoms with van der Waals surface area (Å²) in [4.78, 5) is 42.2. The Balaban J connectivity index is 1.63. The highest BCUT2D eigenvalue weighted by Crippen LogP contribution is 2.31. The number of anilines is 1. The summed E-state index contributed by atoms with van der Waals surface area (Å²) in [5.41, 5.74) is 1.55. The second-order valence-corrected chi connectivity index (χ2v) is 7.81. The molecule has 1 aliphatic heterocycles. The van der Waals surface area contributed by atoms with Gasteiger partial charge in [-0.1, -0.05) is 29.4 Å². The zero-order valence-corrected chi connectivity index (χ0v) is 17.3. The third kappa shape index (κ3) is 5.16. The molecule has 2 aromatic rings. The van der Waals surface area contributed by atoms with Crippen molar-refractivity contribution in [3.8, 4) is 0 Å². The molecule has 150 valence electrons. The molecule has 1 atom stereocenters. The van der Waals surface area contributed by atoms with Crippen LogP contribution in [0.1, 0.15) is 16.8 Å². The summed E-state index contributed by atoms with van der Waals surface area (Å²) in [6.45, 7) is 0. The Labute approximate surface area is 177 Å². The number of esters is 1. The number of aliphatic imine (C=N–C) groups is 1. The van der Waals surface area contributed by atoms with Crippen molar-refractivity contribution in [1.29, 1.82) is 0 Å². The van der Waals surface area contributed by atoms with Gasteiger partial charge in [0, 0.05) is 24.2 Å². The van der Waals surface area contributed by atoms with Crippen LogP contribution < -0.4 is 5.32 Å². The molecule has 29 heavy (non-hydrogen) atoms. The van der Waals surface area contributed by atoms with E-state index in [4.69, 9.17) is 11.6 Å². The molecular weight excluding hydrogens is 414 g/mol. The lowest BCUT2D eigenvalue weighted by Gasteiger charge is -2.09. The van der Waals surface area contributed by atoms with Gasteiger partial charge in [0.05, 0.1) is 18.4 Å². The summed E-state index contributed by atoms with van der Waals surface area (Å²) in [5, 5.41) is 3.23. The third-order valence-corrected chi connectivity index (χ3v) is 5.60. The number of amidine groups is 1. The smallest absolute Gasteiger partial charge is 0.337 e. The molecule has 0 saturated carbocycles. The number of carbonyl (C=O) groups is 3. The molecule has 1 fully saturated rings.